The van der Waals surface area contributed by atoms with Gasteiger partial charge in [-0.2, -0.15) is 0 Å². The number of hydrogen-bond donors (Lipinski definition) is 1. The van der Waals surface area contributed by atoms with Gasteiger partial charge >= 0.3 is 11.9 Å². The Morgan fingerprint density at radius 3 is 1.46 bits per heavy atom. The Balaban J connectivity index is 4.39. The van der Waals surface area contributed by atoms with Gasteiger partial charge in [-0.1, -0.05) is 162 Å². The van der Waals surface area contributed by atoms with Crippen molar-refractivity contribution in [3.63, 3.8) is 0 Å². The van der Waals surface area contributed by atoms with Crippen molar-refractivity contribution in [1.29, 1.82) is 0 Å². The van der Waals surface area contributed by atoms with Crippen LogP contribution in [-0.2, 0) is 28.7 Å². The van der Waals surface area contributed by atoms with Gasteiger partial charge in [-0.05, 0) is 77.0 Å². The number of carbonyl (C=O) groups is 4. The van der Waals surface area contributed by atoms with Gasteiger partial charge in [0.2, 0.25) is 5.91 Å². The van der Waals surface area contributed by atoms with E-state index in [1.807, 2.05) is 0 Å². The Morgan fingerprint density at radius 2 is 0.946 bits per heavy atom. The second kappa shape index (κ2) is 43.9. The number of carbonyl (C=O) groups excluding carboxylic acids is 4. The highest BCUT2D eigenvalue weighted by molar-refractivity contribution is 5.90. The largest absolute Gasteiger partial charge is 0.466 e. The lowest BCUT2D eigenvalue weighted by Gasteiger charge is -2.22. The zero-order chi connectivity index (χ0) is 41.0. The van der Waals surface area contributed by atoms with E-state index in [0.29, 0.717) is 32.3 Å². The minimum atomic E-state index is -0.257. The van der Waals surface area contributed by atoms with Gasteiger partial charge in [0.25, 0.3) is 0 Å². The maximum atomic E-state index is 12.8. The second-order valence-electron chi connectivity index (χ2n) is 16.2. The molecule has 0 fully saturated rings. The summed E-state index contributed by atoms with van der Waals surface area (Å²) in [6, 6.07) is 0. The number of aldehydes is 1. The molecule has 0 aliphatic carbocycles. The van der Waals surface area contributed by atoms with E-state index in [2.05, 4.69) is 31.0 Å². The summed E-state index contributed by atoms with van der Waals surface area (Å²) in [4.78, 5) is 49.9. The van der Waals surface area contributed by atoms with Crippen LogP contribution in [-0.4, -0.2) is 67.9 Å². The number of nitrogens with one attached hydrogen (secondary N) is 1. The highest BCUT2D eigenvalue weighted by Crippen LogP contribution is 2.18. The predicted octanol–water partition coefficient (Wildman–Crippen LogP) is 12.5. The molecule has 1 amide bonds. The third-order valence-corrected chi connectivity index (χ3v) is 10.8. The molecular weight excluding hydrogens is 701 g/mol. The first-order valence-corrected chi connectivity index (χ1v) is 23.9. The van der Waals surface area contributed by atoms with E-state index in [0.717, 1.165) is 110 Å². The monoisotopic (exact) mass is 791 g/mol. The van der Waals surface area contributed by atoms with Gasteiger partial charge in [0.05, 0.1) is 6.61 Å². The smallest absolute Gasteiger partial charge is 0.306 e. The standard InChI is InChI=1S/C48H90N2O6/c1-4-7-10-13-16-17-18-24-32-44-55-47(53)37-29-25-31-41-50(42-39-49-46(52)36-33-43-51)40-30-23-19-22-28-38-48(54)56-45(34-26-20-14-11-8-5-2)35-27-21-15-12-9-6-3/h33,36,43,45H,4-32,34-35,37-42,44H2,1-3H3,(H,49,52)/b36-33+. The summed E-state index contributed by atoms with van der Waals surface area (Å²) in [7, 11) is 0. The molecule has 328 valence electrons. The van der Waals surface area contributed by atoms with Gasteiger partial charge in [0.15, 0.2) is 0 Å². The summed E-state index contributed by atoms with van der Waals surface area (Å²) in [6.07, 6.45) is 40.6. The van der Waals surface area contributed by atoms with Crippen LogP contribution in [0.3, 0.4) is 0 Å². The summed E-state index contributed by atoms with van der Waals surface area (Å²) in [5.74, 6) is -0.357. The molecular formula is C48H90N2O6. The number of rotatable bonds is 44. The summed E-state index contributed by atoms with van der Waals surface area (Å²) >= 11 is 0. The molecule has 0 aliphatic heterocycles. The fourth-order valence-corrected chi connectivity index (χ4v) is 7.26. The quantitative estimate of drug-likeness (QED) is 0.0284. The van der Waals surface area contributed by atoms with Crippen LogP contribution in [0.4, 0.5) is 0 Å². The lowest BCUT2D eigenvalue weighted by Crippen LogP contribution is -2.35. The number of esters is 2. The molecule has 1 N–H and O–H groups in total. The van der Waals surface area contributed by atoms with Gasteiger partial charge < -0.3 is 19.7 Å². The average molecular weight is 791 g/mol. The van der Waals surface area contributed by atoms with Crippen LogP contribution in [0.25, 0.3) is 0 Å². The van der Waals surface area contributed by atoms with Crippen molar-refractivity contribution < 1.29 is 28.7 Å². The van der Waals surface area contributed by atoms with Crippen molar-refractivity contribution in [3.8, 4) is 0 Å². The molecule has 0 rings (SSSR count). The molecule has 0 aliphatic rings. The first-order valence-electron chi connectivity index (χ1n) is 23.9. The molecule has 0 radical (unpaired) electrons. The fourth-order valence-electron chi connectivity index (χ4n) is 7.26. The van der Waals surface area contributed by atoms with Gasteiger partial charge in [-0.15, -0.1) is 0 Å². The van der Waals surface area contributed by atoms with Crippen LogP contribution < -0.4 is 5.32 Å². The zero-order valence-corrected chi connectivity index (χ0v) is 37.1. The van der Waals surface area contributed by atoms with Crippen molar-refractivity contribution in [2.75, 3.05) is 32.8 Å². The first-order chi connectivity index (χ1) is 27.5. The van der Waals surface area contributed by atoms with E-state index < -0.39 is 0 Å². The van der Waals surface area contributed by atoms with Gasteiger partial charge in [0, 0.05) is 32.0 Å². The lowest BCUT2D eigenvalue weighted by atomic mass is 10.0. The summed E-state index contributed by atoms with van der Waals surface area (Å²) < 4.78 is 11.5. The Hall–Kier alpha value is -2.22. The van der Waals surface area contributed by atoms with Crippen LogP contribution >= 0.6 is 0 Å². The molecule has 8 nitrogen and oxygen atoms in total. The Bertz CT molecular complexity index is 909. The minimum Gasteiger partial charge on any atom is -0.466 e. The van der Waals surface area contributed by atoms with Crippen molar-refractivity contribution >= 4 is 24.1 Å². The number of nitrogens with zero attached hydrogens (tertiary/aromatic N) is 1. The predicted molar refractivity (Wildman–Crippen MR) is 235 cm³/mol. The summed E-state index contributed by atoms with van der Waals surface area (Å²) in [6.45, 7) is 10.4. The van der Waals surface area contributed by atoms with E-state index in [-0.39, 0.29) is 23.9 Å². The maximum absolute atomic E-state index is 12.8. The summed E-state index contributed by atoms with van der Waals surface area (Å²) in [5.41, 5.74) is 0. The van der Waals surface area contributed by atoms with E-state index in [4.69, 9.17) is 9.47 Å². The molecule has 0 unspecified atom stereocenters. The van der Waals surface area contributed by atoms with Crippen molar-refractivity contribution in [2.45, 2.75) is 239 Å². The molecule has 0 atom stereocenters. The highest BCUT2D eigenvalue weighted by atomic mass is 16.5. The molecule has 0 aromatic carbocycles. The molecule has 56 heavy (non-hydrogen) atoms. The minimum absolute atomic E-state index is 0.0183. The number of ether oxygens (including phenoxy) is 2. The normalized spacial score (nSPS) is 11.5. The average Bonchev–Trinajstić information content (AvgIpc) is 3.19. The van der Waals surface area contributed by atoms with Crippen molar-refractivity contribution in [2.24, 2.45) is 0 Å². The van der Waals surface area contributed by atoms with Crippen LogP contribution in [0.1, 0.15) is 233 Å². The van der Waals surface area contributed by atoms with Crippen LogP contribution in [0.15, 0.2) is 12.2 Å². The molecule has 0 aromatic rings. The van der Waals surface area contributed by atoms with Gasteiger partial charge in [0.1, 0.15) is 12.4 Å². The van der Waals surface area contributed by atoms with E-state index >= 15 is 0 Å². The van der Waals surface area contributed by atoms with Gasteiger partial charge in [-0.25, -0.2) is 0 Å². The van der Waals surface area contributed by atoms with E-state index in [1.165, 1.54) is 121 Å². The van der Waals surface area contributed by atoms with Crippen LogP contribution in [0.2, 0.25) is 0 Å². The summed E-state index contributed by atoms with van der Waals surface area (Å²) in [5, 5.41) is 2.86. The SMILES string of the molecule is CCCCCCCCCCCOC(=O)CCCCCN(CCCCCCCC(=O)OC(CCCCCCCC)CCCCCCCC)CCNC(=O)/C=C/C=O. The zero-order valence-electron chi connectivity index (χ0n) is 37.1. The third kappa shape index (κ3) is 40.0. The second-order valence-corrected chi connectivity index (χ2v) is 16.2. The first kappa shape index (κ1) is 53.8. The lowest BCUT2D eigenvalue weighted by molar-refractivity contribution is -0.150. The van der Waals surface area contributed by atoms with E-state index in [9.17, 15) is 19.2 Å². The van der Waals surface area contributed by atoms with Crippen molar-refractivity contribution in [3.05, 3.63) is 12.2 Å². The molecule has 8 heteroatoms. The molecule has 0 saturated carbocycles. The number of unbranched alkanes of at least 4 members (excludes halogenated alkanes) is 24. The number of hydrogen-bond acceptors (Lipinski definition) is 7. The molecule has 0 aromatic heterocycles. The van der Waals surface area contributed by atoms with Crippen LogP contribution in [0, 0.1) is 0 Å². The Kier molecular flexibility index (Phi) is 42.2. The van der Waals surface area contributed by atoms with E-state index in [1.54, 1.807) is 0 Å². The number of amides is 1. The number of allylic oxidation sites excluding steroid dienone is 1. The molecule has 0 bridgehead atoms. The topological polar surface area (TPSA) is 102 Å². The van der Waals surface area contributed by atoms with Crippen LogP contribution in [0.5, 0.6) is 0 Å². The fraction of sp³-hybridized carbons (Fsp3) is 0.875. The highest BCUT2D eigenvalue weighted by Gasteiger charge is 2.14. The Labute approximate surface area is 345 Å². The molecule has 0 spiro atoms. The van der Waals surface area contributed by atoms with Crippen molar-refractivity contribution in [1.82, 2.24) is 10.2 Å². The molecule has 0 heterocycles. The maximum Gasteiger partial charge on any atom is 0.306 e. The Morgan fingerprint density at radius 1 is 0.518 bits per heavy atom. The van der Waals surface area contributed by atoms with Gasteiger partial charge in [-0.3, -0.25) is 19.2 Å². The molecule has 0 saturated heterocycles. The third-order valence-electron chi connectivity index (χ3n) is 10.8.